The predicted octanol–water partition coefficient (Wildman–Crippen LogP) is 1.32. The van der Waals surface area contributed by atoms with Crippen LogP contribution in [0.2, 0.25) is 0 Å². The third-order valence-electron chi connectivity index (χ3n) is 3.25. The largest absolute Gasteiger partial charge is 0.309 e. The number of nitrogens with zero attached hydrogens (tertiary/aromatic N) is 1. The van der Waals surface area contributed by atoms with Crippen LogP contribution in [0.1, 0.15) is 31.9 Å². The molecule has 0 spiro atoms. The lowest BCUT2D eigenvalue weighted by Gasteiger charge is -2.22. The Morgan fingerprint density at radius 1 is 1.20 bits per heavy atom. The van der Waals surface area contributed by atoms with Gasteiger partial charge in [-0.25, -0.2) is 13.6 Å². The highest BCUT2D eigenvalue weighted by Crippen LogP contribution is 2.16. The number of nitrogens with one attached hydrogen (secondary N) is 1. The predicted molar refractivity (Wildman–Crippen MR) is 82.0 cm³/mol. The van der Waals surface area contributed by atoms with Crippen LogP contribution < -0.4 is 10.5 Å². The first-order valence-electron chi connectivity index (χ1n) is 6.73. The Kier molecular flexibility index (Phi) is 6.13. The van der Waals surface area contributed by atoms with Crippen LogP contribution in [0, 0.1) is 0 Å². The molecular formula is C14H25N3O2S. The van der Waals surface area contributed by atoms with Crippen molar-refractivity contribution >= 4 is 10.0 Å². The summed E-state index contributed by atoms with van der Waals surface area (Å²) in [5.41, 5.74) is 1.05. The maximum atomic E-state index is 11.2. The van der Waals surface area contributed by atoms with Gasteiger partial charge in [0.05, 0.1) is 4.90 Å². The average Bonchev–Trinajstić information content (AvgIpc) is 2.35. The molecule has 0 fully saturated rings. The maximum absolute atomic E-state index is 11.2. The number of primary sulfonamides is 1. The number of benzene rings is 1. The molecule has 0 saturated heterocycles. The summed E-state index contributed by atoms with van der Waals surface area (Å²) in [6, 6.07) is 7.26. The molecule has 1 aromatic carbocycles. The van der Waals surface area contributed by atoms with Gasteiger partial charge in [-0.15, -0.1) is 0 Å². The number of rotatable bonds is 7. The van der Waals surface area contributed by atoms with E-state index in [2.05, 4.69) is 38.2 Å². The minimum absolute atomic E-state index is 0.147. The van der Waals surface area contributed by atoms with Crippen LogP contribution in [0.15, 0.2) is 29.2 Å². The quantitative estimate of drug-likeness (QED) is 0.796. The van der Waals surface area contributed by atoms with E-state index >= 15 is 0 Å². The number of sulfonamides is 1. The lowest BCUT2D eigenvalue weighted by molar-refractivity contribution is 0.354. The molecule has 114 valence electrons. The number of nitrogens with two attached hydrogens (primary N) is 1. The Morgan fingerprint density at radius 3 is 2.20 bits per heavy atom. The van der Waals surface area contributed by atoms with Crippen LogP contribution in [0.25, 0.3) is 0 Å². The zero-order valence-corrected chi connectivity index (χ0v) is 13.4. The van der Waals surface area contributed by atoms with Gasteiger partial charge in [0.1, 0.15) is 0 Å². The first kappa shape index (κ1) is 17.1. The summed E-state index contributed by atoms with van der Waals surface area (Å²) in [6.45, 7) is 5.25. The Bertz CT molecular complexity index is 512. The molecule has 0 aliphatic carbocycles. The zero-order chi connectivity index (χ0) is 15.3. The van der Waals surface area contributed by atoms with Crippen LogP contribution >= 0.6 is 0 Å². The molecular weight excluding hydrogens is 274 g/mol. The third-order valence-corrected chi connectivity index (χ3v) is 4.18. The fourth-order valence-corrected chi connectivity index (χ4v) is 2.52. The molecule has 1 aromatic rings. The van der Waals surface area contributed by atoms with Crippen molar-refractivity contribution in [3.63, 3.8) is 0 Å². The fraction of sp³-hybridized carbons (Fsp3) is 0.571. The van der Waals surface area contributed by atoms with Gasteiger partial charge in [-0.3, -0.25) is 0 Å². The Labute approximate surface area is 122 Å². The molecule has 6 heteroatoms. The molecule has 2 unspecified atom stereocenters. The lowest BCUT2D eigenvalue weighted by atomic mass is 10.1. The highest BCUT2D eigenvalue weighted by atomic mass is 32.2. The van der Waals surface area contributed by atoms with Gasteiger partial charge in [0.2, 0.25) is 10.0 Å². The Hall–Kier alpha value is -0.950. The smallest absolute Gasteiger partial charge is 0.238 e. The molecule has 0 aliphatic rings. The molecule has 0 heterocycles. The summed E-state index contributed by atoms with van der Waals surface area (Å²) >= 11 is 0. The van der Waals surface area contributed by atoms with Gasteiger partial charge in [0.25, 0.3) is 0 Å². The van der Waals surface area contributed by atoms with Crippen LogP contribution in [-0.2, 0) is 10.0 Å². The van der Waals surface area contributed by atoms with E-state index in [1.165, 1.54) is 0 Å². The highest BCUT2D eigenvalue weighted by molar-refractivity contribution is 7.89. The fourth-order valence-electron chi connectivity index (χ4n) is 2.00. The molecule has 0 aliphatic heterocycles. The monoisotopic (exact) mass is 299 g/mol. The van der Waals surface area contributed by atoms with Crippen LogP contribution in [0.5, 0.6) is 0 Å². The van der Waals surface area contributed by atoms with Crippen LogP contribution in [0.4, 0.5) is 0 Å². The molecule has 0 saturated carbocycles. The van der Waals surface area contributed by atoms with Gasteiger partial charge >= 0.3 is 0 Å². The number of hydrogen-bond acceptors (Lipinski definition) is 4. The van der Waals surface area contributed by atoms with Crippen molar-refractivity contribution in [1.82, 2.24) is 10.2 Å². The standard InChI is InChI=1S/C14H25N3O2S/c1-11(9-10-17(3)4)16-12(2)13-5-7-14(8-6-13)20(15,18)19/h5-8,11-12,16H,9-10H2,1-4H3,(H2,15,18,19). The van der Waals surface area contributed by atoms with E-state index in [0.717, 1.165) is 18.5 Å². The van der Waals surface area contributed by atoms with Gasteiger partial charge in [-0.1, -0.05) is 12.1 Å². The summed E-state index contributed by atoms with van der Waals surface area (Å²) < 4.78 is 22.4. The molecule has 0 amide bonds. The van der Waals surface area contributed by atoms with E-state index in [4.69, 9.17) is 5.14 Å². The van der Waals surface area contributed by atoms with E-state index in [9.17, 15) is 8.42 Å². The Morgan fingerprint density at radius 2 is 1.75 bits per heavy atom. The molecule has 1 rings (SSSR count). The maximum Gasteiger partial charge on any atom is 0.238 e. The molecule has 0 aromatic heterocycles. The first-order chi connectivity index (χ1) is 9.20. The topological polar surface area (TPSA) is 75.4 Å². The summed E-state index contributed by atoms with van der Waals surface area (Å²) in [7, 11) is 0.503. The van der Waals surface area contributed by atoms with Gasteiger partial charge < -0.3 is 10.2 Å². The van der Waals surface area contributed by atoms with Crippen molar-refractivity contribution in [1.29, 1.82) is 0 Å². The van der Waals surface area contributed by atoms with Crippen molar-refractivity contribution in [2.24, 2.45) is 5.14 Å². The minimum Gasteiger partial charge on any atom is -0.309 e. The molecule has 0 bridgehead atoms. The van der Waals surface area contributed by atoms with Crippen molar-refractivity contribution < 1.29 is 8.42 Å². The van der Waals surface area contributed by atoms with Crippen molar-refractivity contribution in [2.75, 3.05) is 20.6 Å². The second kappa shape index (κ2) is 7.17. The van der Waals surface area contributed by atoms with Gasteiger partial charge in [-0.05, 0) is 58.6 Å². The third kappa shape index (κ3) is 5.58. The Balaban J connectivity index is 2.62. The SMILES string of the molecule is CC(CCN(C)C)NC(C)c1ccc(S(N)(=O)=O)cc1. The van der Waals surface area contributed by atoms with Gasteiger partial charge in [0, 0.05) is 12.1 Å². The van der Waals surface area contributed by atoms with Crippen molar-refractivity contribution in [2.45, 2.75) is 37.2 Å². The van der Waals surface area contributed by atoms with Gasteiger partial charge in [-0.2, -0.15) is 0 Å². The van der Waals surface area contributed by atoms with Gasteiger partial charge in [0.15, 0.2) is 0 Å². The minimum atomic E-state index is -3.61. The zero-order valence-electron chi connectivity index (χ0n) is 12.6. The van der Waals surface area contributed by atoms with Crippen molar-refractivity contribution in [3.05, 3.63) is 29.8 Å². The summed E-state index contributed by atoms with van der Waals surface area (Å²) in [5.74, 6) is 0. The van der Waals surface area contributed by atoms with E-state index in [-0.39, 0.29) is 10.9 Å². The molecule has 3 N–H and O–H groups in total. The van der Waals surface area contributed by atoms with E-state index in [1.807, 2.05) is 0 Å². The van der Waals surface area contributed by atoms with Crippen LogP contribution in [0.3, 0.4) is 0 Å². The normalized spacial score (nSPS) is 15.3. The van der Waals surface area contributed by atoms with Crippen molar-refractivity contribution in [3.8, 4) is 0 Å². The first-order valence-corrected chi connectivity index (χ1v) is 8.28. The van der Waals surface area contributed by atoms with E-state index in [0.29, 0.717) is 6.04 Å². The molecule has 0 radical (unpaired) electrons. The molecule has 20 heavy (non-hydrogen) atoms. The highest BCUT2D eigenvalue weighted by Gasteiger charge is 2.12. The second-order valence-corrected chi connectivity index (χ2v) is 7.06. The molecule has 5 nitrogen and oxygen atoms in total. The summed E-state index contributed by atoms with van der Waals surface area (Å²) in [4.78, 5) is 2.30. The summed E-state index contributed by atoms with van der Waals surface area (Å²) in [5, 5.41) is 8.59. The number of hydrogen-bond donors (Lipinski definition) is 2. The van der Waals surface area contributed by atoms with Crippen LogP contribution in [-0.4, -0.2) is 40.0 Å². The lowest BCUT2D eigenvalue weighted by Crippen LogP contribution is -2.31. The van der Waals surface area contributed by atoms with E-state index < -0.39 is 10.0 Å². The average molecular weight is 299 g/mol. The summed E-state index contributed by atoms with van der Waals surface area (Å²) in [6.07, 6.45) is 1.06. The molecule has 2 atom stereocenters. The van der Waals surface area contributed by atoms with E-state index in [1.54, 1.807) is 24.3 Å². The second-order valence-electron chi connectivity index (χ2n) is 5.50.